The third-order valence-electron chi connectivity index (χ3n) is 8.34. The summed E-state index contributed by atoms with van der Waals surface area (Å²) in [6, 6.07) is 11.9. The van der Waals surface area contributed by atoms with E-state index in [1.165, 1.54) is 0 Å². The Kier molecular flexibility index (Phi) is 7.85. The molecule has 41 heavy (non-hydrogen) atoms. The van der Waals surface area contributed by atoms with Gasteiger partial charge in [-0.15, -0.1) is 0 Å². The highest BCUT2D eigenvalue weighted by Gasteiger charge is 2.54. The fraction of sp³-hybridized carbons (Fsp3) is 0.562. The molecule has 2 N–H and O–H groups in total. The van der Waals surface area contributed by atoms with E-state index in [-0.39, 0.29) is 11.9 Å². The summed E-state index contributed by atoms with van der Waals surface area (Å²) in [6.45, 7) is 12.3. The minimum Gasteiger partial charge on any atom is -0.459 e. The lowest BCUT2D eigenvalue weighted by Crippen LogP contribution is -2.53. The van der Waals surface area contributed by atoms with Crippen molar-refractivity contribution < 1.29 is 28.8 Å². The molecule has 9 nitrogen and oxygen atoms in total. The van der Waals surface area contributed by atoms with Crippen molar-refractivity contribution in [2.45, 2.75) is 84.0 Å². The van der Waals surface area contributed by atoms with Gasteiger partial charge in [-0.25, -0.2) is 9.78 Å². The first-order valence-corrected chi connectivity index (χ1v) is 14.7. The van der Waals surface area contributed by atoms with E-state index in [0.717, 1.165) is 56.5 Å². The molecular weight excluding hydrogens is 520 g/mol. The molecule has 0 saturated carbocycles. The summed E-state index contributed by atoms with van der Waals surface area (Å²) < 4.78 is 11.2. The van der Waals surface area contributed by atoms with Gasteiger partial charge in [0.25, 0.3) is 5.91 Å². The van der Waals surface area contributed by atoms with Crippen LogP contribution in [-0.2, 0) is 14.3 Å². The van der Waals surface area contributed by atoms with Gasteiger partial charge in [-0.3, -0.25) is 19.8 Å². The van der Waals surface area contributed by atoms with Crippen molar-refractivity contribution >= 4 is 23.7 Å². The molecule has 1 aromatic heterocycles. The van der Waals surface area contributed by atoms with Crippen molar-refractivity contribution in [3.05, 3.63) is 48.2 Å². The number of H-pyrrole nitrogens is 1. The number of ether oxygens (including phenoxy) is 2. The number of aromatic amines is 1. The van der Waals surface area contributed by atoms with Gasteiger partial charge in [-0.05, 0) is 79.0 Å². The number of benzene rings is 1. The van der Waals surface area contributed by atoms with Crippen LogP contribution >= 0.6 is 0 Å². The summed E-state index contributed by atoms with van der Waals surface area (Å²) in [7, 11) is 0. The van der Waals surface area contributed by atoms with Crippen molar-refractivity contribution in [2.24, 2.45) is 5.41 Å². The number of rotatable bonds is 4. The number of amides is 2. The third kappa shape index (κ3) is 6.56. The summed E-state index contributed by atoms with van der Waals surface area (Å²) in [4.78, 5) is 46.9. The van der Waals surface area contributed by atoms with Crippen LogP contribution in [0.5, 0.6) is 0 Å². The van der Waals surface area contributed by atoms with Crippen LogP contribution in [0.2, 0.25) is 0 Å². The summed E-state index contributed by atoms with van der Waals surface area (Å²) in [6.07, 6.45) is 5.33. The van der Waals surface area contributed by atoms with E-state index in [2.05, 4.69) is 15.2 Å². The Balaban J connectivity index is 1.30. The lowest BCUT2D eigenvalue weighted by molar-refractivity contribution is -0.363. The number of carbonyl (C=O) groups is 3. The van der Waals surface area contributed by atoms with Crippen molar-refractivity contribution in [2.75, 3.05) is 31.5 Å². The molecule has 1 unspecified atom stereocenters. The zero-order chi connectivity index (χ0) is 29.4. The van der Waals surface area contributed by atoms with Gasteiger partial charge in [0.05, 0.1) is 11.0 Å². The van der Waals surface area contributed by atoms with E-state index >= 15 is 0 Å². The quantitative estimate of drug-likeness (QED) is 0.530. The monoisotopic (exact) mass is 563 g/mol. The highest BCUT2D eigenvalue weighted by molar-refractivity contribution is 6.03. The largest absolute Gasteiger partial charge is 0.459 e. The Morgan fingerprint density at radius 2 is 1.80 bits per heavy atom. The molecule has 2 amide bonds. The third-order valence-corrected chi connectivity index (χ3v) is 8.34. The lowest BCUT2D eigenvalue weighted by atomic mass is 9.74. The van der Waals surface area contributed by atoms with Crippen LogP contribution in [0.1, 0.15) is 77.1 Å². The standard InChI is InChI=1S/C32H42N4O5/c1-30(2,3)41-29(39)34-26-19-33-25(22-10-7-6-8-11-22)18-24(26)27(37)35-16-12-23(13-17-35)36-15-9-14-32(21-36)20-31(4,5)40-28(32)38/h6-8,10-11,18-19,23H,9,12-17,20-21H2,1-5H3,(H,34,39)/p+1. The maximum absolute atomic E-state index is 13.9. The molecule has 3 saturated heterocycles. The van der Waals surface area contributed by atoms with Crippen LogP contribution in [0.4, 0.5) is 10.5 Å². The minimum absolute atomic E-state index is 0.0556. The van der Waals surface area contributed by atoms with Crippen molar-refractivity contribution in [3.63, 3.8) is 0 Å². The number of cyclic esters (lactones) is 1. The molecule has 3 fully saturated rings. The molecule has 220 valence electrons. The zero-order valence-electron chi connectivity index (χ0n) is 24.9. The maximum Gasteiger partial charge on any atom is 0.412 e. The number of anilines is 1. The number of nitrogens with zero attached hydrogens (tertiary/aromatic N) is 2. The van der Waals surface area contributed by atoms with E-state index in [9.17, 15) is 14.4 Å². The zero-order valence-corrected chi connectivity index (χ0v) is 24.9. The SMILES string of the molecule is CC(C)(C)OC(=O)Nc1c[nH+]c(-c2ccccc2)cc1C(=O)N1CCC(N2CCCC3(C2)CC(C)(C)OC3=O)CC1. The Morgan fingerprint density at radius 3 is 2.44 bits per heavy atom. The summed E-state index contributed by atoms with van der Waals surface area (Å²) in [5.41, 5.74) is 1.03. The lowest BCUT2D eigenvalue weighted by Gasteiger charge is -2.44. The molecule has 3 aliphatic rings. The summed E-state index contributed by atoms with van der Waals surface area (Å²) >= 11 is 0. The predicted octanol–water partition coefficient (Wildman–Crippen LogP) is 4.93. The number of pyridine rings is 1. The van der Waals surface area contributed by atoms with E-state index in [1.54, 1.807) is 33.0 Å². The Labute approximate surface area is 242 Å². The maximum atomic E-state index is 13.9. The fourth-order valence-corrected chi connectivity index (χ4v) is 6.65. The van der Waals surface area contributed by atoms with Gasteiger partial charge in [-0.1, -0.05) is 18.2 Å². The molecule has 1 aromatic carbocycles. The van der Waals surface area contributed by atoms with Gasteiger partial charge in [-0.2, -0.15) is 0 Å². The van der Waals surface area contributed by atoms with Gasteiger partial charge >= 0.3 is 12.1 Å². The van der Waals surface area contributed by atoms with Crippen LogP contribution in [0.25, 0.3) is 11.3 Å². The average molecular weight is 564 g/mol. The summed E-state index contributed by atoms with van der Waals surface area (Å²) in [5.74, 6) is -0.183. The van der Waals surface area contributed by atoms with Crippen LogP contribution < -0.4 is 10.3 Å². The number of likely N-dealkylation sites (tertiary alicyclic amines) is 2. The Bertz CT molecular complexity index is 1300. The number of piperidine rings is 2. The second kappa shape index (κ2) is 11.1. The molecule has 9 heteroatoms. The number of hydrogen-bond acceptors (Lipinski definition) is 6. The van der Waals surface area contributed by atoms with Crippen LogP contribution in [0.3, 0.4) is 0 Å². The van der Waals surface area contributed by atoms with Gasteiger partial charge in [0.1, 0.15) is 16.9 Å². The molecule has 0 radical (unpaired) electrons. The van der Waals surface area contributed by atoms with E-state index in [0.29, 0.717) is 30.4 Å². The van der Waals surface area contributed by atoms with Crippen LogP contribution in [0.15, 0.2) is 42.6 Å². The van der Waals surface area contributed by atoms with Gasteiger partial charge < -0.3 is 14.4 Å². The topological polar surface area (TPSA) is 102 Å². The Hall–Kier alpha value is -3.46. The fourth-order valence-electron chi connectivity index (χ4n) is 6.65. The van der Waals surface area contributed by atoms with Crippen molar-refractivity contribution in [1.29, 1.82) is 0 Å². The first-order valence-electron chi connectivity index (χ1n) is 14.7. The molecule has 1 spiro atoms. The number of aromatic nitrogens is 1. The molecule has 0 aliphatic carbocycles. The summed E-state index contributed by atoms with van der Waals surface area (Å²) in [5, 5.41) is 2.77. The first-order chi connectivity index (χ1) is 19.3. The van der Waals surface area contributed by atoms with E-state index < -0.39 is 22.7 Å². The van der Waals surface area contributed by atoms with Gasteiger partial charge in [0, 0.05) is 43.7 Å². The molecule has 0 bridgehead atoms. The number of carbonyl (C=O) groups excluding carboxylic acids is 3. The van der Waals surface area contributed by atoms with Gasteiger partial charge in [0.15, 0.2) is 6.20 Å². The Morgan fingerprint density at radius 1 is 1.10 bits per heavy atom. The van der Waals surface area contributed by atoms with Crippen LogP contribution in [-0.4, -0.2) is 71.2 Å². The first kappa shape index (κ1) is 29.0. The molecule has 4 heterocycles. The molecule has 5 rings (SSSR count). The molecule has 3 aliphatic heterocycles. The normalized spacial score (nSPS) is 23.3. The van der Waals surface area contributed by atoms with Gasteiger partial charge in [0.2, 0.25) is 5.69 Å². The molecular formula is C32H43N4O5+. The van der Waals surface area contributed by atoms with E-state index in [4.69, 9.17) is 9.47 Å². The van der Waals surface area contributed by atoms with Crippen molar-refractivity contribution in [1.82, 2.24) is 9.80 Å². The minimum atomic E-state index is -0.665. The number of esters is 1. The highest BCUT2D eigenvalue weighted by Crippen LogP contribution is 2.46. The van der Waals surface area contributed by atoms with E-state index in [1.807, 2.05) is 49.1 Å². The number of nitrogens with one attached hydrogen (secondary N) is 2. The molecule has 2 aromatic rings. The predicted molar refractivity (Wildman–Crippen MR) is 155 cm³/mol. The van der Waals surface area contributed by atoms with Crippen LogP contribution in [0, 0.1) is 5.41 Å². The second-order valence-corrected chi connectivity index (χ2v) is 13.4. The number of hydrogen-bond donors (Lipinski definition) is 1. The smallest absolute Gasteiger partial charge is 0.412 e. The molecule has 1 atom stereocenters. The highest BCUT2D eigenvalue weighted by atomic mass is 16.6. The second-order valence-electron chi connectivity index (χ2n) is 13.4. The van der Waals surface area contributed by atoms with Crippen molar-refractivity contribution in [3.8, 4) is 11.3 Å². The average Bonchev–Trinajstić information content (AvgIpc) is 3.14.